The van der Waals surface area contributed by atoms with Gasteiger partial charge in [-0.05, 0) is 45.7 Å². The molecule has 0 aromatic heterocycles. The lowest BCUT2D eigenvalue weighted by Crippen LogP contribution is -2.47. The summed E-state index contributed by atoms with van der Waals surface area (Å²) < 4.78 is 25.2. The summed E-state index contributed by atoms with van der Waals surface area (Å²) in [6.07, 6.45) is 4.75. The van der Waals surface area contributed by atoms with E-state index >= 15 is 0 Å². The Morgan fingerprint density at radius 2 is 2.05 bits per heavy atom. The van der Waals surface area contributed by atoms with Crippen LogP contribution in [0, 0.1) is 0 Å². The molecule has 0 spiro atoms. The third kappa shape index (κ3) is 5.16. The number of hydrogen-bond donors (Lipinski definition) is 1. The SMILES string of the molecule is C=CCCC(O)CN1CCC(N(C)S(=O)(=O)CC)CC1. The van der Waals surface area contributed by atoms with Crippen LogP contribution in [-0.4, -0.2) is 67.3 Å². The van der Waals surface area contributed by atoms with Crippen LogP contribution in [0.25, 0.3) is 0 Å². The van der Waals surface area contributed by atoms with Gasteiger partial charge in [0.25, 0.3) is 0 Å². The molecule has 1 atom stereocenters. The Hall–Kier alpha value is -0.430. The highest BCUT2D eigenvalue weighted by Crippen LogP contribution is 2.18. The number of aliphatic hydroxyl groups is 1. The van der Waals surface area contributed by atoms with Crippen molar-refractivity contribution in [2.24, 2.45) is 0 Å². The first-order valence-corrected chi connectivity index (χ1v) is 8.98. The second kappa shape index (κ2) is 8.12. The minimum Gasteiger partial charge on any atom is -0.392 e. The van der Waals surface area contributed by atoms with E-state index in [-0.39, 0.29) is 17.9 Å². The molecule has 1 saturated heterocycles. The molecular formula is C14H28N2O3S. The van der Waals surface area contributed by atoms with E-state index in [0.29, 0.717) is 6.54 Å². The lowest BCUT2D eigenvalue weighted by atomic mass is 10.0. The molecule has 1 aliphatic heterocycles. The topological polar surface area (TPSA) is 60.9 Å². The number of allylic oxidation sites excluding steroid dienone is 1. The molecule has 0 radical (unpaired) electrons. The van der Waals surface area contributed by atoms with Crippen molar-refractivity contribution in [3.63, 3.8) is 0 Å². The van der Waals surface area contributed by atoms with Gasteiger partial charge in [-0.1, -0.05) is 6.08 Å². The smallest absolute Gasteiger partial charge is 0.213 e. The van der Waals surface area contributed by atoms with Gasteiger partial charge >= 0.3 is 0 Å². The predicted molar refractivity (Wildman–Crippen MR) is 82.1 cm³/mol. The Labute approximate surface area is 123 Å². The van der Waals surface area contributed by atoms with Crippen LogP contribution in [0.5, 0.6) is 0 Å². The molecule has 0 amide bonds. The van der Waals surface area contributed by atoms with E-state index in [1.54, 1.807) is 14.0 Å². The lowest BCUT2D eigenvalue weighted by molar-refractivity contribution is 0.0826. The first-order valence-electron chi connectivity index (χ1n) is 7.37. The average Bonchev–Trinajstić information content (AvgIpc) is 2.45. The quantitative estimate of drug-likeness (QED) is 0.681. The van der Waals surface area contributed by atoms with Crippen LogP contribution in [0.1, 0.15) is 32.6 Å². The number of rotatable bonds is 8. The van der Waals surface area contributed by atoms with Crippen LogP contribution < -0.4 is 0 Å². The maximum Gasteiger partial charge on any atom is 0.213 e. The first kappa shape index (κ1) is 17.6. The predicted octanol–water partition coefficient (Wildman–Crippen LogP) is 1.06. The van der Waals surface area contributed by atoms with Gasteiger partial charge in [0.1, 0.15) is 0 Å². The number of β-amino-alcohol motifs (C(OH)–C–C–N with tert-alkyl or cyclic N) is 1. The van der Waals surface area contributed by atoms with E-state index in [1.165, 1.54) is 4.31 Å². The van der Waals surface area contributed by atoms with Crippen molar-refractivity contribution in [3.05, 3.63) is 12.7 Å². The summed E-state index contributed by atoms with van der Waals surface area (Å²) in [6, 6.07) is 0.0986. The highest BCUT2D eigenvalue weighted by molar-refractivity contribution is 7.89. The zero-order valence-electron chi connectivity index (χ0n) is 12.7. The molecule has 0 bridgehead atoms. The van der Waals surface area contributed by atoms with Gasteiger partial charge in [0.2, 0.25) is 10.0 Å². The third-order valence-electron chi connectivity index (χ3n) is 4.05. The third-order valence-corrected chi connectivity index (χ3v) is 5.95. The number of hydrogen-bond acceptors (Lipinski definition) is 4. The summed E-state index contributed by atoms with van der Waals surface area (Å²) in [5, 5.41) is 9.88. The van der Waals surface area contributed by atoms with Gasteiger partial charge in [-0.15, -0.1) is 6.58 Å². The monoisotopic (exact) mass is 304 g/mol. The summed E-state index contributed by atoms with van der Waals surface area (Å²) in [4.78, 5) is 2.22. The van der Waals surface area contributed by atoms with Crippen LogP contribution in [0.2, 0.25) is 0 Å². The van der Waals surface area contributed by atoms with Gasteiger partial charge in [0.15, 0.2) is 0 Å². The van der Waals surface area contributed by atoms with Gasteiger partial charge in [-0.3, -0.25) is 0 Å². The lowest BCUT2D eigenvalue weighted by Gasteiger charge is -2.36. The molecule has 0 aliphatic carbocycles. The van der Waals surface area contributed by atoms with Gasteiger partial charge in [0, 0.05) is 19.6 Å². The molecule has 1 aliphatic rings. The number of nitrogens with zero attached hydrogens (tertiary/aromatic N) is 2. The van der Waals surface area contributed by atoms with E-state index in [4.69, 9.17) is 0 Å². The van der Waals surface area contributed by atoms with Gasteiger partial charge in [0.05, 0.1) is 11.9 Å². The molecule has 1 heterocycles. The first-order chi connectivity index (χ1) is 9.40. The fourth-order valence-corrected chi connectivity index (χ4v) is 3.67. The summed E-state index contributed by atoms with van der Waals surface area (Å²) in [7, 11) is -1.42. The van der Waals surface area contributed by atoms with Gasteiger partial charge in [-0.2, -0.15) is 0 Å². The molecule has 118 valence electrons. The molecule has 0 aromatic carbocycles. The zero-order valence-corrected chi connectivity index (χ0v) is 13.5. The molecule has 1 unspecified atom stereocenters. The van der Waals surface area contributed by atoms with E-state index in [0.717, 1.165) is 38.8 Å². The molecular weight excluding hydrogens is 276 g/mol. The summed E-state index contributed by atoms with van der Waals surface area (Å²) in [5.74, 6) is 0.157. The van der Waals surface area contributed by atoms with Crippen LogP contribution in [-0.2, 0) is 10.0 Å². The zero-order chi connectivity index (χ0) is 15.2. The van der Waals surface area contributed by atoms with E-state index in [1.807, 2.05) is 6.08 Å². The molecule has 20 heavy (non-hydrogen) atoms. The number of sulfonamides is 1. The Morgan fingerprint density at radius 3 is 2.55 bits per heavy atom. The molecule has 1 N–H and O–H groups in total. The fraction of sp³-hybridized carbons (Fsp3) is 0.857. The van der Waals surface area contributed by atoms with Crippen molar-refractivity contribution in [1.29, 1.82) is 0 Å². The van der Waals surface area contributed by atoms with E-state index in [2.05, 4.69) is 11.5 Å². The maximum absolute atomic E-state index is 11.8. The molecule has 6 heteroatoms. The van der Waals surface area contributed by atoms with E-state index < -0.39 is 10.0 Å². The second-order valence-electron chi connectivity index (χ2n) is 5.47. The second-order valence-corrected chi connectivity index (χ2v) is 7.79. The highest BCUT2D eigenvalue weighted by Gasteiger charge is 2.28. The largest absolute Gasteiger partial charge is 0.392 e. The minimum atomic E-state index is -3.10. The van der Waals surface area contributed by atoms with Crippen LogP contribution in [0.3, 0.4) is 0 Å². The standard InChI is InChI=1S/C14H28N2O3S/c1-4-6-7-14(17)12-16-10-8-13(9-11-16)15(3)20(18,19)5-2/h4,13-14,17H,1,5-12H2,2-3H3. The summed E-state index contributed by atoms with van der Waals surface area (Å²) in [5.41, 5.74) is 0. The summed E-state index contributed by atoms with van der Waals surface area (Å²) in [6.45, 7) is 7.69. The Balaban J connectivity index is 2.38. The Kier molecular flexibility index (Phi) is 7.15. The molecule has 1 rings (SSSR count). The van der Waals surface area contributed by atoms with Crippen LogP contribution in [0.15, 0.2) is 12.7 Å². The number of aliphatic hydroxyl groups excluding tert-OH is 1. The molecule has 1 fully saturated rings. The molecule has 0 saturated carbocycles. The number of piperidine rings is 1. The van der Waals surface area contributed by atoms with Crippen molar-refractivity contribution >= 4 is 10.0 Å². The highest BCUT2D eigenvalue weighted by atomic mass is 32.2. The van der Waals surface area contributed by atoms with Crippen LogP contribution in [0.4, 0.5) is 0 Å². The normalized spacial score (nSPS) is 20.2. The van der Waals surface area contributed by atoms with Crippen molar-refractivity contribution in [3.8, 4) is 0 Å². The van der Waals surface area contributed by atoms with Crippen molar-refractivity contribution < 1.29 is 13.5 Å². The molecule has 5 nitrogen and oxygen atoms in total. The van der Waals surface area contributed by atoms with Gasteiger partial charge in [-0.25, -0.2) is 12.7 Å². The minimum absolute atomic E-state index is 0.0986. The van der Waals surface area contributed by atoms with Gasteiger partial charge < -0.3 is 10.0 Å². The molecule has 0 aromatic rings. The van der Waals surface area contributed by atoms with Crippen molar-refractivity contribution in [2.45, 2.75) is 44.8 Å². The summed E-state index contributed by atoms with van der Waals surface area (Å²) >= 11 is 0. The van der Waals surface area contributed by atoms with E-state index in [9.17, 15) is 13.5 Å². The number of likely N-dealkylation sites (tertiary alicyclic amines) is 1. The average molecular weight is 304 g/mol. The Bertz CT molecular complexity index is 389. The Morgan fingerprint density at radius 1 is 1.45 bits per heavy atom. The maximum atomic E-state index is 11.8. The van der Waals surface area contributed by atoms with Crippen LogP contribution >= 0.6 is 0 Å². The fourth-order valence-electron chi connectivity index (χ4n) is 2.60. The van der Waals surface area contributed by atoms with Crippen molar-refractivity contribution in [2.75, 3.05) is 32.4 Å². The van der Waals surface area contributed by atoms with Crippen molar-refractivity contribution in [1.82, 2.24) is 9.21 Å².